The highest BCUT2D eigenvalue weighted by Crippen LogP contribution is 2.41. The highest BCUT2D eigenvalue weighted by atomic mass is 16.4. The largest absolute Gasteiger partial charge is 0.452 e. The Hall–Kier alpha value is -6.66. The first kappa shape index (κ1) is 25.5. The molecule has 48 heavy (non-hydrogen) atoms. The molecule has 0 saturated heterocycles. The zero-order chi connectivity index (χ0) is 31.3. The van der Waals surface area contributed by atoms with E-state index in [1.807, 2.05) is 36.7 Å². The number of benzene rings is 5. The van der Waals surface area contributed by atoms with Gasteiger partial charge in [0.15, 0.2) is 11.2 Å². The van der Waals surface area contributed by atoms with Gasteiger partial charge in [-0.15, -0.1) is 0 Å². The number of fused-ring (bicyclic) bond motifs is 13. The van der Waals surface area contributed by atoms with E-state index in [1.54, 1.807) is 0 Å². The van der Waals surface area contributed by atoms with Crippen molar-refractivity contribution < 1.29 is 8.83 Å². The fourth-order valence-electron chi connectivity index (χ4n) is 7.16. The zero-order valence-electron chi connectivity index (χ0n) is 25.3. The predicted molar refractivity (Wildman–Crippen MR) is 193 cm³/mol. The Morgan fingerprint density at radius 1 is 0.375 bits per heavy atom. The Kier molecular flexibility index (Phi) is 5.02. The molecule has 0 amide bonds. The maximum atomic E-state index is 6.47. The van der Waals surface area contributed by atoms with Gasteiger partial charge in [0.1, 0.15) is 11.2 Å². The molecule has 0 saturated carbocycles. The van der Waals surface area contributed by atoms with Crippen LogP contribution in [0.1, 0.15) is 0 Å². The van der Waals surface area contributed by atoms with Crippen LogP contribution in [-0.2, 0) is 0 Å². The van der Waals surface area contributed by atoms with E-state index in [0.717, 1.165) is 110 Å². The average Bonchev–Trinajstić information content (AvgIpc) is 3.72. The van der Waals surface area contributed by atoms with Gasteiger partial charge in [-0.1, -0.05) is 48.5 Å². The van der Waals surface area contributed by atoms with Gasteiger partial charge in [-0.2, -0.15) is 0 Å². The Bertz CT molecular complexity index is 2930. The molecule has 5 aromatic carbocycles. The van der Waals surface area contributed by atoms with E-state index in [9.17, 15) is 0 Å². The minimum Gasteiger partial charge on any atom is -0.452 e. The number of hydrogen-bond acceptors (Lipinski definition) is 6. The molecule has 6 aromatic heterocycles. The fourth-order valence-corrected chi connectivity index (χ4v) is 7.16. The first-order valence-electron chi connectivity index (χ1n) is 15.9. The van der Waals surface area contributed by atoms with Crippen LogP contribution in [-0.4, -0.2) is 19.9 Å². The summed E-state index contributed by atoms with van der Waals surface area (Å²) in [6, 6.07) is 41.5. The topological polar surface area (TPSA) is 77.8 Å². The van der Waals surface area contributed by atoms with Crippen molar-refractivity contribution in [2.24, 2.45) is 0 Å². The van der Waals surface area contributed by atoms with Gasteiger partial charge in [-0.25, -0.2) is 9.97 Å². The highest BCUT2D eigenvalue weighted by Gasteiger charge is 2.18. The molecule has 11 aromatic rings. The third kappa shape index (κ3) is 3.62. The van der Waals surface area contributed by atoms with Crippen molar-refractivity contribution >= 4 is 87.5 Å². The normalized spacial score (nSPS) is 12.2. The van der Waals surface area contributed by atoms with E-state index in [4.69, 9.17) is 18.8 Å². The van der Waals surface area contributed by atoms with Gasteiger partial charge in [0.2, 0.25) is 0 Å². The summed E-state index contributed by atoms with van der Waals surface area (Å²) >= 11 is 0. The summed E-state index contributed by atoms with van der Waals surface area (Å²) in [6.45, 7) is 0. The van der Waals surface area contributed by atoms with E-state index in [-0.39, 0.29) is 0 Å². The van der Waals surface area contributed by atoms with Crippen LogP contribution >= 0.6 is 0 Å². The van der Waals surface area contributed by atoms with Crippen LogP contribution in [0.15, 0.2) is 143 Å². The second-order valence-electron chi connectivity index (χ2n) is 12.3. The molecule has 6 nitrogen and oxygen atoms in total. The Labute approximate surface area is 271 Å². The number of hydrogen-bond donors (Lipinski definition) is 0. The van der Waals surface area contributed by atoms with Gasteiger partial charge in [-0.05, 0) is 72.8 Å². The third-order valence-corrected chi connectivity index (χ3v) is 9.53. The fraction of sp³-hybridized carbons (Fsp3) is 0. The molecule has 0 aliphatic rings. The van der Waals surface area contributed by atoms with Crippen molar-refractivity contribution in [3.63, 3.8) is 0 Å². The summed E-state index contributed by atoms with van der Waals surface area (Å²) in [5, 5.41) is 8.33. The molecule has 0 aliphatic heterocycles. The molecule has 6 heteroatoms. The van der Waals surface area contributed by atoms with E-state index < -0.39 is 0 Å². The predicted octanol–water partition coefficient (Wildman–Crippen LogP) is 11.0. The molecule has 0 bridgehead atoms. The number of rotatable bonds is 2. The van der Waals surface area contributed by atoms with E-state index >= 15 is 0 Å². The average molecular weight is 615 g/mol. The van der Waals surface area contributed by atoms with Gasteiger partial charge >= 0.3 is 0 Å². The molecule has 0 unspecified atom stereocenters. The van der Waals surface area contributed by atoms with Gasteiger partial charge in [0, 0.05) is 66.6 Å². The second kappa shape index (κ2) is 9.44. The molecule has 0 N–H and O–H groups in total. The first-order chi connectivity index (χ1) is 23.7. The zero-order valence-corrected chi connectivity index (χ0v) is 25.3. The lowest BCUT2D eigenvalue weighted by Crippen LogP contribution is -1.88. The van der Waals surface area contributed by atoms with Crippen LogP contribution in [0.4, 0.5) is 0 Å². The minimum absolute atomic E-state index is 0.737. The molecule has 11 rings (SSSR count). The van der Waals surface area contributed by atoms with Crippen molar-refractivity contribution in [1.82, 2.24) is 19.9 Å². The van der Waals surface area contributed by atoms with Crippen LogP contribution < -0.4 is 0 Å². The van der Waals surface area contributed by atoms with Crippen LogP contribution in [0.3, 0.4) is 0 Å². The SMILES string of the molecule is c1cnc2c(c1)ccc1ccc(-c3ccc4oc5c(ccc6c7cc(-c8ccc9ccc%10cccnc%10c9n8)ccc7oc65)c4c3)nc12. The lowest BCUT2D eigenvalue weighted by atomic mass is 10.0. The van der Waals surface area contributed by atoms with Gasteiger partial charge in [0.25, 0.3) is 0 Å². The monoisotopic (exact) mass is 614 g/mol. The molecule has 6 heterocycles. The van der Waals surface area contributed by atoms with Crippen LogP contribution in [0, 0.1) is 0 Å². The van der Waals surface area contributed by atoms with Gasteiger partial charge < -0.3 is 8.83 Å². The second-order valence-corrected chi connectivity index (χ2v) is 12.3. The van der Waals surface area contributed by atoms with E-state index in [0.29, 0.717) is 0 Å². The Morgan fingerprint density at radius 3 is 1.29 bits per heavy atom. The van der Waals surface area contributed by atoms with Crippen molar-refractivity contribution in [3.05, 3.63) is 134 Å². The smallest absolute Gasteiger partial charge is 0.178 e. The molecule has 0 radical (unpaired) electrons. The Morgan fingerprint density at radius 2 is 0.812 bits per heavy atom. The summed E-state index contributed by atoms with van der Waals surface area (Å²) in [6.07, 6.45) is 3.64. The lowest BCUT2D eigenvalue weighted by molar-refractivity contribution is 0.633. The lowest BCUT2D eigenvalue weighted by Gasteiger charge is -2.06. The molecule has 222 valence electrons. The van der Waals surface area contributed by atoms with Gasteiger partial charge in [-0.3, -0.25) is 9.97 Å². The van der Waals surface area contributed by atoms with Crippen molar-refractivity contribution in [3.8, 4) is 22.5 Å². The molecule has 0 fully saturated rings. The summed E-state index contributed by atoms with van der Waals surface area (Å²) in [5.74, 6) is 0. The first-order valence-corrected chi connectivity index (χ1v) is 15.9. The Balaban J connectivity index is 1.05. The van der Waals surface area contributed by atoms with Crippen molar-refractivity contribution in [1.29, 1.82) is 0 Å². The van der Waals surface area contributed by atoms with E-state index in [2.05, 4.69) is 107 Å². The number of nitrogens with zero attached hydrogens (tertiary/aromatic N) is 4. The number of pyridine rings is 4. The number of furan rings is 2. The summed E-state index contributed by atoms with van der Waals surface area (Å²) in [5.41, 5.74) is 10.5. The quantitative estimate of drug-likeness (QED) is 0.180. The maximum absolute atomic E-state index is 6.47. The maximum Gasteiger partial charge on any atom is 0.178 e. The highest BCUT2D eigenvalue weighted by molar-refractivity contribution is 6.19. The molecular formula is C42H22N4O2. The van der Waals surface area contributed by atoms with Crippen LogP contribution in [0.2, 0.25) is 0 Å². The summed E-state index contributed by atoms with van der Waals surface area (Å²) in [7, 11) is 0. The molecule has 0 atom stereocenters. The number of aromatic nitrogens is 4. The van der Waals surface area contributed by atoms with E-state index in [1.165, 1.54) is 0 Å². The molecular weight excluding hydrogens is 592 g/mol. The third-order valence-electron chi connectivity index (χ3n) is 9.53. The van der Waals surface area contributed by atoms with Crippen LogP contribution in [0.5, 0.6) is 0 Å². The summed E-state index contributed by atoms with van der Waals surface area (Å²) < 4.78 is 12.9. The molecule has 0 spiro atoms. The van der Waals surface area contributed by atoms with Crippen LogP contribution in [0.25, 0.3) is 110 Å². The van der Waals surface area contributed by atoms with Crippen molar-refractivity contribution in [2.75, 3.05) is 0 Å². The summed E-state index contributed by atoms with van der Waals surface area (Å²) in [4.78, 5) is 19.4. The van der Waals surface area contributed by atoms with Gasteiger partial charge in [0.05, 0.1) is 33.5 Å². The van der Waals surface area contributed by atoms with Crippen molar-refractivity contribution in [2.45, 2.75) is 0 Å². The minimum atomic E-state index is 0.737. The molecule has 0 aliphatic carbocycles. The standard InChI is InChI=1S/C42H22N4O2/c1-3-23-5-7-25-9-15-33(45-39(25)37(23)43-19-1)27-11-17-35-31(21-27)29-13-14-30-32-22-28(12-18-36(32)48-42(30)41(29)47-35)34-16-10-26-8-6-24-4-2-20-44-38(24)40(26)46-34/h1-22H.